The summed E-state index contributed by atoms with van der Waals surface area (Å²) in [6, 6.07) is 68.1. The summed E-state index contributed by atoms with van der Waals surface area (Å²) in [4.78, 5) is 0. The second kappa shape index (κ2) is 9.89. The molecule has 0 saturated heterocycles. The van der Waals surface area contributed by atoms with Gasteiger partial charge in [0.2, 0.25) is 0 Å². The summed E-state index contributed by atoms with van der Waals surface area (Å²) < 4.78 is 0. The Morgan fingerprint density at radius 2 is 0.755 bits per heavy atom. The zero-order valence-corrected chi connectivity index (χ0v) is 26.8. The largest absolute Gasteiger partial charge is 0.0731 e. The van der Waals surface area contributed by atoms with Crippen molar-refractivity contribution in [2.45, 2.75) is 5.41 Å². The molecule has 0 aliphatic heterocycles. The van der Waals surface area contributed by atoms with Gasteiger partial charge in [0.1, 0.15) is 0 Å². The van der Waals surface area contributed by atoms with Gasteiger partial charge in [0.15, 0.2) is 0 Å². The highest BCUT2D eigenvalue weighted by Crippen LogP contribution is 2.64. The maximum atomic E-state index is 2.51. The van der Waals surface area contributed by atoms with Crippen LogP contribution in [0.3, 0.4) is 0 Å². The van der Waals surface area contributed by atoms with Gasteiger partial charge in [-0.15, -0.1) is 0 Å². The van der Waals surface area contributed by atoms with Crippen LogP contribution in [0.4, 0.5) is 0 Å². The Kier molecular flexibility index (Phi) is 5.41. The van der Waals surface area contributed by atoms with Gasteiger partial charge in [-0.1, -0.05) is 170 Å². The first kappa shape index (κ1) is 26.8. The number of hydrogen-bond donors (Lipinski definition) is 0. The maximum Gasteiger partial charge on any atom is 0.0731 e. The van der Waals surface area contributed by atoms with Crippen LogP contribution in [-0.4, -0.2) is 0 Å². The fourth-order valence-corrected chi connectivity index (χ4v) is 9.27. The van der Waals surface area contributed by atoms with Crippen LogP contribution in [0.5, 0.6) is 0 Å². The molecule has 0 amide bonds. The Bertz CT molecular complexity index is 2780. The van der Waals surface area contributed by atoms with E-state index in [1.807, 2.05) is 0 Å². The Labute approximate surface area is 285 Å². The molecule has 0 heteroatoms. The van der Waals surface area contributed by atoms with E-state index in [2.05, 4.69) is 182 Å². The zero-order valence-electron chi connectivity index (χ0n) is 26.8. The van der Waals surface area contributed by atoms with Crippen molar-refractivity contribution in [3.05, 3.63) is 204 Å². The monoisotopic (exact) mass is 618 g/mol. The molecular formula is C49H30. The first-order valence-electron chi connectivity index (χ1n) is 17.2. The van der Waals surface area contributed by atoms with E-state index in [0.29, 0.717) is 0 Å². The quantitative estimate of drug-likeness (QED) is 0.181. The van der Waals surface area contributed by atoms with Gasteiger partial charge in [-0.2, -0.15) is 0 Å². The summed E-state index contributed by atoms with van der Waals surface area (Å²) in [5.41, 5.74) is 15.5. The van der Waals surface area contributed by atoms with Crippen LogP contribution in [0.15, 0.2) is 182 Å². The van der Waals surface area contributed by atoms with E-state index in [1.54, 1.807) is 0 Å². The van der Waals surface area contributed by atoms with E-state index in [4.69, 9.17) is 0 Å². The van der Waals surface area contributed by atoms with Crippen LogP contribution < -0.4 is 0 Å². The Balaban J connectivity index is 1.23. The third-order valence-corrected chi connectivity index (χ3v) is 11.3. The molecule has 9 aromatic rings. The molecule has 49 heavy (non-hydrogen) atoms. The van der Waals surface area contributed by atoms with E-state index in [1.165, 1.54) is 99.1 Å². The maximum absolute atomic E-state index is 2.51. The molecule has 0 nitrogen and oxygen atoms in total. The Morgan fingerprint density at radius 1 is 0.265 bits per heavy atom. The molecular weight excluding hydrogens is 589 g/mol. The lowest BCUT2D eigenvalue weighted by Gasteiger charge is -2.32. The van der Waals surface area contributed by atoms with Crippen molar-refractivity contribution in [1.29, 1.82) is 0 Å². The Morgan fingerprint density at radius 3 is 1.43 bits per heavy atom. The number of benzene rings is 9. The lowest BCUT2D eigenvalue weighted by atomic mass is 9.69. The van der Waals surface area contributed by atoms with Crippen molar-refractivity contribution >= 4 is 32.3 Å². The average molecular weight is 619 g/mol. The predicted octanol–water partition coefficient (Wildman–Crippen LogP) is 12.8. The summed E-state index contributed by atoms with van der Waals surface area (Å²) in [5, 5.41) is 7.69. The lowest BCUT2D eigenvalue weighted by molar-refractivity contribution is 0.801. The summed E-state index contributed by atoms with van der Waals surface area (Å²) in [6.45, 7) is 0. The molecule has 0 heterocycles. The highest BCUT2D eigenvalue weighted by Gasteiger charge is 2.52. The minimum Gasteiger partial charge on any atom is -0.0619 e. The molecule has 0 aromatic heterocycles. The second-order valence-electron chi connectivity index (χ2n) is 13.6. The minimum atomic E-state index is -0.432. The fraction of sp³-hybridized carbons (Fsp3) is 0.0204. The third-order valence-electron chi connectivity index (χ3n) is 11.3. The summed E-state index contributed by atoms with van der Waals surface area (Å²) in [5.74, 6) is 0. The molecule has 0 atom stereocenters. The second-order valence-corrected chi connectivity index (χ2v) is 13.6. The van der Waals surface area contributed by atoms with Crippen molar-refractivity contribution in [1.82, 2.24) is 0 Å². The molecule has 0 N–H and O–H groups in total. The van der Waals surface area contributed by atoms with Gasteiger partial charge in [0.05, 0.1) is 5.41 Å². The Hall–Kier alpha value is -6.24. The van der Waals surface area contributed by atoms with E-state index in [-0.39, 0.29) is 0 Å². The van der Waals surface area contributed by atoms with Gasteiger partial charge in [-0.25, -0.2) is 0 Å². The zero-order chi connectivity index (χ0) is 32.1. The molecule has 0 bridgehead atoms. The SMILES string of the molecule is c1ccc2c(c1)-c1ccccc1C21c2cc(-c3cccc4ccccc34)ccc2-c2ccc3cc(-c4cccc5ccccc45)ccc3c21. The van der Waals surface area contributed by atoms with Crippen LogP contribution >= 0.6 is 0 Å². The lowest BCUT2D eigenvalue weighted by Crippen LogP contribution is -2.26. The van der Waals surface area contributed by atoms with Gasteiger partial charge in [-0.3, -0.25) is 0 Å². The molecule has 11 rings (SSSR count). The first-order valence-corrected chi connectivity index (χ1v) is 17.2. The van der Waals surface area contributed by atoms with Crippen molar-refractivity contribution in [3.8, 4) is 44.5 Å². The van der Waals surface area contributed by atoms with Crippen molar-refractivity contribution in [2.75, 3.05) is 0 Å². The van der Waals surface area contributed by atoms with Crippen LogP contribution in [0.25, 0.3) is 76.8 Å². The van der Waals surface area contributed by atoms with Crippen molar-refractivity contribution in [2.24, 2.45) is 0 Å². The van der Waals surface area contributed by atoms with Crippen LogP contribution in [0, 0.1) is 0 Å². The minimum absolute atomic E-state index is 0.432. The van der Waals surface area contributed by atoms with Crippen LogP contribution in [-0.2, 0) is 5.41 Å². The van der Waals surface area contributed by atoms with Gasteiger partial charge in [0, 0.05) is 0 Å². The molecule has 226 valence electrons. The number of rotatable bonds is 2. The van der Waals surface area contributed by atoms with E-state index < -0.39 is 5.41 Å². The van der Waals surface area contributed by atoms with Crippen LogP contribution in [0.2, 0.25) is 0 Å². The molecule has 0 fully saturated rings. The molecule has 1 spiro atoms. The average Bonchev–Trinajstić information content (AvgIpc) is 3.64. The fourth-order valence-electron chi connectivity index (χ4n) is 9.27. The summed E-state index contributed by atoms with van der Waals surface area (Å²) in [7, 11) is 0. The van der Waals surface area contributed by atoms with E-state index in [9.17, 15) is 0 Å². The molecule has 0 radical (unpaired) electrons. The van der Waals surface area contributed by atoms with E-state index >= 15 is 0 Å². The molecule has 9 aromatic carbocycles. The topological polar surface area (TPSA) is 0 Å². The summed E-state index contributed by atoms with van der Waals surface area (Å²) in [6.07, 6.45) is 0. The first-order chi connectivity index (χ1) is 24.3. The molecule has 0 saturated carbocycles. The molecule has 2 aliphatic carbocycles. The van der Waals surface area contributed by atoms with Crippen LogP contribution in [0.1, 0.15) is 22.3 Å². The van der Waals surface area contributed by atoms with Crippen molar-refractivity contribution < 1.29 is 0 Å². The molecule has 0 unspecified atom stereocenters. The van der Waals surface area contributed by atoms with Gasteiger partial charge in [-0.05, 0) is 111 Å². The van der Waals surface area contributed by atoms with E-state index in [0.717, 1.165) is 0 Å². The van der Waals surface area contributed by atoms with Gasteiger partial charge >= 0.3 is 0 Å². The van der Waals surface area contributed by atoms with Gasteiger partial charge in [0.25, 0.3) is 0 Å². The standard InChI is InChI=1S/C49H30/c1-3-15-36-31(11-1)13-9-19-38(36)33-23-26-40-34(29-33)25-28-44-43-27-24-35(39-20-10-14-32-12-2-4-16-37(32)39)30-47(43)49(48(40)44)45-21-7-5-17-41(45)42-18-6-8-22-46(42)49/h1-30H. The molecule has 2 aliphatic rings. The number of fused-ring (bicyclic) bond motifs is 14. The third kappa shape index (κ3) is 3.53. The highest BCUT2D eigenvalue weighted by molar-refractivity contribution is 6.07. The normalized spacial score (nSPS) is 13.5. The van der Waals surface area contributed by atoms with Crippen molar-refractivity contribution in [3.63, 3.8) is 0 Å². The van der Waals surface area contributed by atoms with Gasteiger partial charge < -0.3 is 0 Å². The number of hydrogen-bond acceptors (Lipinski definition) is 0. The highest BCUT2D eigenvalue weighted by atomic mass is 14.5. The smallest absolute Gasteiger partial charge is 0.0619 e. The summed E-state index contributed by atoms with van der Waals surface area (Å²) >= 11 is 0. The predicted molar refractivity (Wildman–Crippen MR) is 206 cm³/mol.